The van der Waals surface area contributed by atoms with E-state index in [0.29, 0.717) is 6.54 Å². The largest absolute Gasteiger partial charge is 0.387 e. The van der Waals surface area contributed by atoms with Gasteiger partial charge in [0.2, 0.25) is 0 Å². The van der Waals surface area contributed by atoms with Crippen molar-refractivity contribution in [3.63, 3.8) is 0 Å². The zero-order valence-corrected chi connectivity index (χ0v) is 15.4. The lowest BCUT2D eigenvalue weighted by Gasteiger charge is -2.17. The highest BCUT2D eigenvalue weighted by Crippen LogP contribution is 2.16. The van der Waals surface area contributed by atoms with Crippen molar-refractivity contribution < 1.29 is 9.90 Å². The van der Waals surface area contributed by atoms with E-state index in [0.717, 1.165) is 29.1 Å². The Labute approximate surface area is 149 Å². The fourth-order valence-corrected chi connectivity index (χ4v) is 2.84. The second kappa shape index (κ2) is 8.67. The van der Waals surface area contributed by atoms with Crippen LogP contribution in [0.2, 0.25) is 0 Å². The predicted octanol–water partition coefficient (Wildman–Crippen LogP) is 2.48. The summed E-state index contributed by atoms with van der Waals surface area (Å²) in [6.07, 6.45) is 3.00. The van der Waals surface area contributed by atoms with E-state index in [-0.39, 0.29) is 18.5 Å². The Bertz CT molecular complexity index is 691. The highest BCUT2D eigenvalue weighted by molar-refractivity contribution is 5.73. The first kappa shape index (κ1) is 19.0. The molecule has 0 radical (unpaired) electrons. The molecule has 0 saturated heterocycles. The standard InChI is InChI=1S/C19H28N4O2/c1-13-7-14(2)9-17(8-13)18(24)11-22-19(25)21-10-15(3)12-23-6-5-20-16(23)4/h5-9,15,18,24H,10-12H2,1-4H3,(H2,21,22,25)/t15-,18+/m0/s1. The number of aryl methyl sites for hydroxylation is 3. The molecule has 2 amide bonds. The summed E-state index contributed by atoms with van der Waals surface area (Å²) in [6.45, 7) is 9.56. The van der Waals surface area contributed by atoms with E-state index in [2.05, 4.69) is 33.2 Å². The van der Waals surface area contributed by atoms with Crippen LogP contribution in [0.4, 0.5) is 4.79 Å². The number of imidazole rings is 1. The number of aliphatic hydroxyl groups excluding tert-OH is 1. The fourth-order valence-electron chi connectivity index (χ4n) is 2.84. The molecule has 2 rings (SSSR count). The van der Waals surface area contributed by atoms with Crippen LogP contribution in [0.3, 0.4) is 0 Å². The maximum atomic E-state index is 11.9. The zero-order valence-electron chi connectivity index (χ0n) is 15.4. The Kier molecular flexibility index (Phi) is 6.58. The van der Waals surface area contributed by atoms with Gasteiger partial charge in [-0.3, -0.25) is 0 Å². The van der Waals surface area contributed by atoms with Gasteiger partial charge in [0.25, 0.3) is 0 Å². The van der Waals surface area contributed by atoms with E-state index < -0.39 is 6.10 Å². The monoisotopic (exact) mass is 344 g/mol. The lowest BCUT2D eigenvalue weighted by Crippen LogP contribution is -2.40. The molecule has 0 aliphatic carbocycles. The molecular weight excluding hydrogens is 316 g/mol. The van der Waals surface area contributed by atoms with Crippen molar-refractivity contribution in [2.75, 3.05) is 13.1 Å². The average molecular weight is 344 g/mol. The third kappa shape index (κ3) is 5.90. The van der Waals surface area contributed by atoms with E-state index >= 15 is 0 Å². The van der Waals surface area contributed by atoms with Gasteiger partial charge in [-0.1, -0.05) is 36.2 Å². The van der Waals surface area contributed by atoms with Crippen LogP contribution in [0.5, 0.6) is 0 Å². The number of rotatable bonds is 7. The van der Waals surface area contributed by atoms with Gasteiger partial charge in [-0.2, -0.15) is 0 Å². The predicted molar refractivity (Wildman–Crippen MR) is 98.4 cm³/mol. The summed E-state index contributed by atoms with van der Waals surface area (Å²) in [5, 5.41) is 15.8. The summed E-state index contributed by atoms with van der Waals surface area (Å²) in [4.78, 5) is 16.1. The van der Waals surface area contributed by atoms with Crippen molar-refractivity contribution >= 4 is 6.03 Å². The number of benzene rings is 1. The van der Waals surface area contributed by atoms with Crippen LogP contribution in [-0.4, -0.2) is 33.8 Å². The first-order valence-corrected chi connectivity index (χ1v) is 8.61. The molecule has 25 heavy (non-hydrogen) atoms. The average Bonchev–Trinajstić information content (AvgIpc) is 2.94. The van der Waals surface area contributed by atoms with Crippen molar-refractivity contribution in [2.24, 2.45) is 5.92 Å². The third-order valence-electron chi connectivity index (χ3n) is 4.13. The van der Waals surface area contributed by atoms with Crippen molar-refractivity contribution in [3.8, 4) is 0 Å². The molecule has 0 aliphatic rings. The molecule has 0 bridgehead atoms. The van der Waals surface area contributed by atoms with Gasteiger partial charge in [-0.05, 0) is 32.3 Å². The maximum Gasteiger partial charge on any atom is 0.314 e. The van der Waals surface area contributed by atoms with Crippen LogP contribution in [0.25, 0.3) is 0 Å². The van der Waals surface area contributed by atoms with Gasteiger partial charge in [0.15, 0.2) is 0 Å². The minimum absolute atomic E-state index is 0.184. The SMILES string of the molecule is Cc1cc(C)cc([C@H](O)CNC(=O)NC[C@H](C)Cn2ccnc2C)c1. The Morgan fingerprint density at radius 3 is 2.40 bits per heavy atom. The van der Waals surface area contributed by atoms with Crippen molar-refractivity contribution in [1.29, 1.82) is 0 Å². The molecule has 1 heterocycles. The molecular formula is C19H28N4O2. The molecule has 2 atom stereocenters. The number of aromatic nitrogens is 2. The first-order valence-electron chi connectivity index (χ1n) is 8.61. The lowest BCUT2D eigenvalue weighted by molar-refractivity contribution is 0.172. The summed E-state index contributed by atoms with van der Waals surface area (Å²) in [5.74, 6) is 1.25. The van der Waals surface area contributed by atoms with E-state index in [1.807, 2.05) is 39.1 Å². The zero-order chi connectivity index (χ0) is 18.4. The second-order valence-corrected chi connectivity index (χ2v) is 6.76. The van der Waals surface area contributed by atoms with Crippen molar-refractivity contribution in [3.05, 3.63) is 53.1 Å². The van der Waals surface area contributed by atoms with Crippen LogP contribution >= 0.6 is 0 Å². The molecule has 1 aromatic carbocycles. The van der Waals surface area contributed by atoms with E-state index in [1.165, 1.54) is 0 Å². The van der Waals surface area contributed by atoms with Gasteiger partial charge in [0.05, 0.1) is 6.10 Å². The minimum Gasteiger partial charge on any atom is -0.387 e. The van der Waals surface area contributed by atoms with Crippen LogP contribution in [0.1, 0.15) is 35.5 Å². The molecule has 0 spiro atoms. The number of carbonyl (C=O) groups excluding carboxylic acids is 1. The number of hydrogen-bond acceptors (Lipinski definition) is 3. The summed E-state index contributed by atoms with van der Waals surface area (Å²) < 4.78 is 2.06. The molecule has 6 heteroatoms. The molecule has 2 aromatic rings. The number of hydrogen-bond donors (Lipinski definition) is 3. The Morgan fingerprint density at radius 1 is 1.16 bits per heavy atom. The summed E-state index contributed by atoms with van der Waals surface area (Å²) in [6, 6.07) is 5.66. The van der Waals surface area contributed by atoms with Gasteiger partial charge < -0.3 is 20.3 Å². The Hall–Kier alpha value is -2.34. The van der Waals surface area contributed by atoms with E-state index in [1.54, 1.807) is 6.20 Å². The van der Waals surface area contributed by atoms with Crippen LogP contribution in [0, 0.1) is 26.7 Å². The summed E-state index contributed by atoms with van der Waals surface area (Å²) in [7, 11) is 0. The number of nitrogens with zero attached hydrogens (tertiary/aromatic N) is 2. The van der Waals surface area contributed by atoms with Gasteiger partial charge in [0, 0.05) is 32.0 Å². The number of carbonyl (C=O) groups is 1. The topological polar surface area (TPSA) is 79.2 Å². The molecule has 0 unspecified atom stereocenters. The summed E-state index contributed by atoms with van der Waals surface area (Å²) in [5.41, 5.74) is 3.02. The third-order valence-corrected chi connectivity index (χ3v) is 4.13. The first-order chi connectivity index (χ1) is 11.8. The molecule has 0 fully saturated rings. The van der Waals surface area contributed by atoms with Gasteiger partial charge in [-0.25, -0.2) is 9.78 Å². The highest BCUT2D eigenvalue weighted by atomic mass is 16.3. The van der Waals surface area contributed by atoms with Crippen molar-refractivity contribution in [1.82, 2.24) is 20.2 Å². The highest BCUT2D eigenvalue weighted by Gasteiger charge is 2.11. The molecule has 0 aliphatic heterocycles. The van der Waals surface area contributed by atoms with Gasteiger partial charge >= 0.3 is 6.03 Å². The second-order valence-electron chi connectivity index (χ2n) is 6.76. The van der Waals surface area contributed by atoms with Crippen molar-refractivity contribution in [2.45, 2.75) is 40.3 Å². The Balaban J connectivity index is 1.73. The Morgan fingerprint density at radius 2 is 1.80 bits per heavy atom. The van der Waals surface area contributed by atoms with E-state index in [4.69, 9.17) is 0 Å². The molecule has 136 valence electrons. The van der Waals surface area contributed by atoms with E-state index in [9.17, 15) is 9.90 Å². The molecule has 3 N–H and O–H groups in total. The smallest absolute Gasteiger partial charge is 0.314 e. The van der Waals surface area contributed by atoms with Gasteiger partial charge in [-0.15, -0.1) is 0 Å². The molecule has 6 nitrogen and oxygen atoms in total. The molecule has 1 aromatic heterocycles. The quantitative estimate of drug-likeness (QED) is 0.722. The van der Waals surface area contributed by atoms with Crippen LogP contribution in [-0.2, 0) is 6.54 Å². The fraction of sp³-hybridized carbons (Fsp3) is 0.474. The number of amides is 2. The number of nitrogens with one attached hydrogen (secondary N) is 2. The number of aliphatic hydroxyl groups is 1. The minimum atomic E-state index is -0.713. The lowest BCUT2D eigenvalue weighted by atomic mass is 10.0. The van der Waals surface area contributed by atoms with Crippen LogP contribution < -0.4 is 10.6 Å². The molecule has 0 saturated carbocycles. The normalized spacial score (nSPS) is 13.3. The van der Waals surface area contributed by atoms with Crippen LogP contribution in [0.15, 0.2) is 30.6 Å². The van der Waals surface area contributed by atoms with Gasteiger partial charge in [0.1, 0.15) is 5.82 Å². The summed E-state index contributed by atoms with van der Waals surface area (Å²) >= 11 is 0. The maximum absolute atomic E-state index is 11.9. The number of urea groups is 1.